The number of aromatic nitrogens is 1. The highest BCUT2D eigenvalue weighted by atomic mass is 32.2. The van der Waals surface area contributed by atoms with E-state index in [-0.39, 0.29) is 5.75 Å². The van der Waals surface area contributed by atoms with Gasteiger partial charge in [-0.1, -0.05) is 0 Å². The first-order chi connectivity index (χ1) is 14.3. The first kappa shape index (κ1) is 21.7. The maximum absolute atomic E-state index is 11.8. The second kappa shape index (κ2) is 9.66. The van der Waals surface area contributed by atoms with Gasteiger partial charge in [-0.3, -0.25) is 19.4 Å². The van der Waals surface area contributed by atoms with Crippen LogP contribution in [0.3, 0.4) is 0 Å². The number of ether oxygens (including phenoxy) is 4. The molecule has 0 bridgehead atoms. The van der Waals surface area contributed by atoms with Crippen LogP contribution in [0.2, 0.25) is 0 Å². The summed E-state index contributed by atoms with van der Waals surface area (Å²) in [6.45, 7) is 3.72. The van der Waals surface area contributed by atoms with Crippen molar-refractivity contribution in [1.29, 1.82) is 0 Å². The highest BCUT2D eigenvalue weighted by Crippen LogP contribution is 2.36. The molecule has 1 saturated heterocycles. The molecule has 9 nitrogen and oxygen atoms in total. The van der Waals surface area contributed by atoms with Gasteiger partial charge in [-0.25, -0.2) is 0 Å². The molecule has 0 aromatic carbocycles. The van der Waals surface area contributed by atoms with Gasteiger partial charge in [0.2, 0.25) is 0 Å². The SMILES string of the molecule is CC(=O)O[C@@H]1[C@@H](OC(C)=O)[C@@H](Oc2cccnc2-c2ccoc2)SC[C@H]1OC(C)=O. The molecule has 2 aromatic heterocycles. The van der Waals surface area contributed by atoms with Crippen molar-refractivity contribution in [3.8, 4) is 17.0 Å². The molecule has 1 aliphatic rings. The first-order valence-corrected chi connectivity index (χ1v) is 10.2. The lowest BCUT2D eigenvalue weighted by molar-refractivity contribution is -0.186. The topological polar surface area (TPSA) is 114 Å². The molecule has 0 unspecified atom stereocenters. The number of thioether (sulfide) groups is 1. The third-order valence-electron chi connectivity index (χ3n) is 4.11. The van der Waals surface area contributed by atoms with Crippen LogP contribution in [0.5, 0.6) is 5.75 Å². The van der Waals surface area contributed by atoms with Gasteiger partial charge in [0.05, 0.1) is 12.5 Å². The largest absolute Gasteiger partial charge is 0.473 e. The lowest BCUT2D eigenvalue weighted by Gasteiger charge is -2.40. The number of hydrogen-bond acceptors (Lipinski definition) is 10. The summed E-state index contributed by atoms with van der Waals surface area (Å²) in [5.74, 6) is -1.01. The summed E-state index contributed by atoms with van der Waals surface area (Å²) in [7, 11) is 0. The standard InChI is InChI=1S/C20H21NO8S/c1-11(22)26-16-10-30-20(19(28-13(3)24)18(16)27-12(2)23)29-15-5-4-7-21-17(15)14-6-8-25-9-14/h4-9,16,18-20H,10H2,1-3H3/t16-,18+,19-,20+/m1/s1. The number of pyridine rings is 1. The van der Waals surface area contributed by atoms with E-state index >= 15 is 0 Å². The molecule has 2 aromatic rings. The number of furan rings is 1. The Morgan fingerprint density at radius 3 is 2.37 bits per heavy atom. The van der Waals surface area contributed by atoms with Crippen LogP contribution < -0.4 is 4.74 Å². The number of carbonyl (C=O) groups excluding carboxylic acids is 3. The van der Waals surface area contributed by atoms with E-state index in [9.17, 15) is 14.4 Å². The van der Waals surface area contributed by atoms with Gasteiger partial charge in [0.1, 0.15) is 11.4 Å². The van der Waals surface area contributed by atoms with E-state index in [1.165, 1.54) is 45.1 Å². The molecule has 0 N–H and O–H groups in total. The van der Waals surface area contributed by atoms with E-state index in [1.54, 1.807) is 24.4 Å². The molecule has 0 spiro atoms. The van der Waals surface area contributed by atoms with Crippen molar-refractivity contribution in [2.45, 2.75) is 44.5 Å². The van der Waals surface area contributed by atoms with Gasteiger partial charge in [0.15, 0.2) is 23.7 Å². The smallest absolute Gasteiger partial charge is 0.303 e. The van der Waals surface area contributed by atoms with Gasteiger partial charge in [-0.2, -0.15) is 0 Å². The Hall–Kier alpha value is -3.01. The second-order valence-electron chi connectivity index (χ2n) is 6.48. The zero-order chi connectivity index (χ0) is 21.7. The van der Waals surface area contributed by atoms with Crippen LogP contribution in [0.15, 0.2) is 41.3 Å². The van der Waals surface area contributed by atoms with Crippen LogP contribution in [0.4, 0.5) is 0 Å². The van der Waals surface area contributed by atoms with Gasteiger partial charge in [0, 0.05) is 38.3 Å². The maximum atomic E-state index is 11.8. The minimum absolute atomic E-state index is 0.279. The molecule has 0 saturated carbocycles. The number of esters is 3. The average molecular weight is 435 g/mol. The average Bonchev–Trinajstić information content (AvgIpc) is 3.20. The number of carbonyl (C=O) groups is 3. The van der Waals surface area contributed by atoms with E-state index in [1.807, 2.05) is 0 Å². The molecule has 0 aliphatic carbocycles. The summed E-state index contributed by atoms with van der Waals surface area (Å²) in [5.41, 5.74) is 0.518. The monoisotopic (exact) mass is 435 g/mol. The molecular weight excluding hydrogens is 414 g/mol. The minimum atomic E-state index is -1.02. The number of hydrogen-bond donors (Lipinski definition) is 0. The highest BCUT2D eigenvalue weighted by molar-refractivity contribution is 7.99. The lowest BCUT2D eigenvalue weighted by Crippen LogP contribution is -2.55. The summed E-state index contributed by atoms with van der Waals surface area (Å²) in [6.07, 6.45) is 1.85. The van der Waals surface area contributed by atoms with Crippen molar-refractivity contribution in [2.75, 3.05) is 5.75 Å². The van der Waals surface area contributed by atoms with Crippen molar-refractivity contribution in [3.05, 3.63) is 36.9 Å². The van der Waals surface area contributed by atoms with Gasteiger partial charge in [-0.05, 0) is 18.2 Å². The number of rotatable bonds is 6. The van der Waals surface area contributed by atoms with Crippen LogP contribution in [0, 0.1) is 0 Å². The van der Waals surface area contributed by atoms with Gasteiger partial charge in [0.25, 0.3) is 0 Å². The van der Waals surface area contributed by atoms with E-state index < -0.39 is 41.7 Å². The van der Waals surface area contributed by atoms with Crippen molar-refractivity contribution in [1.82, 2.24) is 4.98 Å². The maximum Gasteiger partial charge on any atom is 0.303 e. The van der Waals surface area contributed by atoms with E-state index in [4.69, 9.17) is 23.4 Å². The second-order valence-corrected chi connectivity index (χ2v) is 7.61. The van der Waals surface area contributed by atoms with Crippen LogP contribution in [-0.2, 0) is 28.6 Å². The highest BCUT2D eigenvalue weighted by Gasteiger charge is 2.47. The zero-order valence-electron chi connectivity index (χ0n) is 16.6. The summed E-state index contributed by atoms with van der Waals surface area (Å²) in [6, 6.07) is 5.17. The number of nitrogens with zero attached hydrogens (tertiary/aromatic N) is 1. The summed E-state index contributed by atoms with van der Waals surface area (Å²) in [5, 5.41) is 0. The van der Waals surface area contributed by atoms with E-state index in [0.717, 1.165) is 0 Å². The normalized spacial score (nSPS) is 23.3. The fourth-order valence-corrected chi connectivity index (χ4v) is 4.25. The van der Waals surface area contributed by atoms with Crippen LogP contribution >= 0.6 is 11.8 Å². The molecule has 30 heavy (non-hydrogen) atoms. The summed E-state index contributed by atoms with van der Waals surface area (Å²) in [4.78, 5) is 39.3. The Balaban J connectivity index is 1.91. The van der Waals surface area contributed by atoms with E-state index in [0.29, 0.717) is 17.0 Å². The Morgan fingerprint density at radius 1 is 1.03 bits per heavy atom. The van der Waals surface area contributed by atoms with Gasteiger partial charge >= 0.3 is 17.9 Å². The predicted molar refractivity (Wildman–Crippen MR) is 105 cm³/mol. The molecule has 3 heterocycles. The Bertz CT molecular complexity index is 900. The Morgan fingerprint density at radius 2 is 1.73 bits per heavy atom. The molecule has 3 rings (SSSR count). The van der Waals surface area contributed by atoms with Crippen molar-refractivity contribution < 1.29 is 37.7 Å². The van der Waals surface area contributed by atoms with Crippen LogP contribution in [0.1, 0.15) is 20.8 Å². The molecule has 4 atom stereocenters. The molecule has 1 fully saturated rings. The van der Waals surface area contributed by atoms with Gasteiger partial charge in [-0.15, -0.1) is 11.8 Å². The van der Waals surface area contributed by atoms with Crippen molar-refractivity contribution in [2.24, 2.45) is 0 Å². The molecule has 1 aliphatic heterocycles. The lowest BCUT2D eigenvalue weighted by atomic mass is 10.1. The van der Waals surface area contributed by atoms with E-state index in [2.05, 4.69) is 4.98 Å². The van der Waals surface area contributed by atoms with Crippen molar-refractivity contribution >= 4 is 29.7 Å². The van der Waals surface area contributed by atoms with Crippen LogP contribution in [0.25, 0.3) is 11.3 Å². The third-order valence-corrected chi connectivity index (χ3v) is 5.33. The first-order valence-electron chi connectivity index (χ1n) is 9.12. The molecule has 0 radical (unpaired) electrons. The fourth-order valence-electron chi connectivity index (χ4n) is 3.04. The minimum Gasteiger partial charge on any atom is -0.473 e. The quantitative estimate of drug-likeness (QED) is 0.495. The summed E-state index contributed by atoms with van der Waals surface area (Å²) < 4.78 is 27.4. The predicted octanol–water partition coefficient (Wildman–Crippen LogP) is 2.59. The molecular formula is C20H21NO8S. The molecule has 0 amide bonds. The van der Waals surface area contributed by atoms with Crippen LogP contribution in [-0.4, -0.2) is 52.4 Å². The molecule has 160 valence electrons. The van der Waals surface area contributed by atoms with Crippen molar-refractivity contribution in [3.63, 3.8) is 0 Å². The third kappa shape index (κ3) is 5.32. The zero-order valence-corrected chi connectivity index (χ0v) is 17.4. The van der Waals surface area contributed by atoms with Gasteiger partial charge < -0.3 is 23.4 Å². The Labute approximate surface area is 177 Å². The molecule has 10 heteroatoms. The Kier molecular flexibility index (Phi) is 6.99. The fraction of sp³-hybridized carbons (Fsp3) is 0.400. The summed E-state index contributed by atoms with van der Waals surface area (Å²) >= 11 is 1.28.